The minimum absolute atomic E-state index is 0.124. The van der Waals surface area contributed by atoms with Crippen LogP contribution in [0.4, 0.5) is 0 Å². The van der Waals surface area contributed by atoms with Gasteiger partial charge in [0, 0.05) is 12.8 Å². The summed E-state index contributed by atoms with van der Waals surface area (Å²) in [4.78, 5) is 45.8. The number of phosphoric acid groups is 1. The second-order valence-corrected chi connectivity index (χ2v) is 15.6. The van der Waals surface area contributed by atoms with Gasteiger partial charge < -0.3 is 25.2 Å². The lowest BCUT2D eigenvalue weighted by Gasteiger charge is -2.18. The largest absolute Gasteiger partial charge is 0.480 e. The average molecular weight is 798 g/mol. The Labute approximate surface area is 333 Å². The van der Waals surface area contributed by atoms with E-state index in [4.69, 9.17) is 13.8 Å². The van der Waals surface area contributed by atoms with E-state index in [2.05, 4.69) is 67.8 Å². The van der Waals surface area contributed by atoms with Crippen LogP contribution in [-0.2, 0) is 32.7 Å². The van der Waals surface area contributed by atoms with Gasteiger partial charge in [0.1, 0.15) is 12.7 Å². The van der Waals surface area contributed by atoms with Crippen molar-refractivity contribution in [2.75, 3.05) is 19.8 Å². The number of aliphatic carboxylic acids is 1. The van der Waals surface area contributed by atoms with E-state index in [1.54, 1.807) is 0 Å². The topological polar surface area (TPSA) is 169 Å². The van der Waals surface area contributed by atoms with E-state index < -0.39 is 57.6 Å². The molecule has 0 heterocycles. The summed E-state index contributed by atoms with van der Waals surface area (Å²) in [6.07, 6.45) is 41.3. The highest BCUT2D eigenvalue weighted by Gasteiger charge is 2.28. The third-order valence-electron chi connectivity index (χ3n) is 8.85. The van der Waals surface area contributed by atoms with Gasteiger partial charge in [0.2, 0.25) is 5.91 Å². The van der Waals surface area contributed by atoms with Crippen molar-refractivity contribution in [3.8, 4) is 0 Å². The van der Waals surface area contributed by atoms with Crippen LogP contribution in [0.25, 0.3) is 0 Å². The van der Waals surface area contributed by atoms with Gasteiger partial charge in [-0.15, -0.1) is 0 Å². The highest BCUT2D eigenvalue weighted by molar-refractivity contribution is 7.47. The number of carboxylic acid groups (broad SMARTS) is 1. The maximum atomic E-state index is 12.3. The first kappa shape index (κ1) is 52.4. The van der Waals surface area contributed by atoms with Crippen LogP contribution in [0.15, 0.2) is 48.6 Å². The molecule has 0 aromatic heterocycles. The summed E-state index contributed by atoms with van der Waals surface area (Å²) in [6, 6.07) is -1.56. The van der Waals surface area contributed by atoms with Crippen LogP contribution < -0.4 is 5.32 Å². The number of carbonyl (C=O) groups excluding carboxylic acids is 2. The highest BCUT2D eigenvalue weighted by atomic mass is 31.2. The molecule has 0 aromatic rings. The van der Waals surface area contributed by atoms with Crippen molar-refractivity contribution in [2.24, 2.45) is 0 Å². The predicted octanol–water partition coefficient (Wildman–Crippen LogP) is 10.6. The molecule has 0 rings (SSSR count). The number of ether oxygens (including phenoxy) is 1. The highest BCUT2D eigenvalue weighted by Crippen LogP contribution is 2.43. The molecule has 3 atom stereocenters. The Bertz CT molecular complexity index is 1120. The van der Waals surface area contributed by atoms with Gasteiger partial charge in [0.25, 0.3) is 0 Å². The smallest absolute Gasteiger partial charge is 0.472 e. The number of carboxylic acids is 1. The van der Waals surface area contributed by atoms with Crippen molar-refractivity contribution >= 4 is 25.7 Å². The van der Waals surface area contributed by atoms with E-state index >= 15 is 0 Å². The fourth-order valence-electron chi connectivity index (χ4n) is 5.56. The molecule has 1 amide bonds. The number of allylic oxidation sites excluding steroid dienone is 8. The van der Waals surface area contributed by atoms with Crippen LogP contribution in [0.1, 0.15) is 174 Å². The van der Waals surface area contributed by atoms with Crippen molar-refractivity contribution in [1.29, 1.82) is 0 Å². The van der Waals surface area contributed by atoms with Crippen molar-refractivity contribution in [3.05, 3.63) is 48.6 Å². The third-order valence-corrected chi connectivity index (χ3v) is 9.80. The number of unbranched alkanes of at least 4 members (excludes halogenated alkanes) is 17. The molecule has 0 aromatic carbocycles. The zero-order valence-electron chi connectivity index (χ0n) is 34.2. The molecule has 0 saturated carbocycles. The molecule has 0 aliphatic rings. The average Bonchev–Trinajstić information content (AvgIpc) is 3.16. The van der Waals surface area contributed by atoms with Gasteiger partial charge in [-0.05, 0) is 70.6 Å². The fourth-order valence-corrected chi connectivity index (χ4v) is 6.33. The van der Waals surface area contributed by atoms with Gasteiger partial charge >= 0.3 is 19.8 Å². The van der Waals surface area contributed by atoms with E-state index in [9.17, 15) is 34.1 Å². The number of amides is 1. The summed E-state index contributed by atoms with van der Waals surface area (Å²) in [5.41, 5.74) is 0. The van der Waals surface area contributed by atoms with Crippen molar-refractivity contribution in [1.82, 2.24) is 5.32 Å². The molecule has 3 unspecified atom stereocenters. The lowest BCUT2D eigenvalue weighted by Crippen LogP contribution is -2.43. The minimum atomic E-state index is -4.76. The molecule has 0 aliphatic heterocycles. The van der Waals surface area contributed by atoms with Crippen molar-refractivity contribution in [2.45, 2.75) is 187 Å². The number of hydrogen-bond acceptors (Lipinski definition) is 8. The molecular weight excluding hydrogens is 721 g/mol. The molecule has 4 N–H and O–H groups in total. The van der Waals surface area contributed by atoms with E-state index in [0.29, 0.717) is 12.8 Å². The fraction of sp³-hybridized carbons (Fsp3) is 0.744. The maximum absolute atomic E-state index is 12.3. The number of aliphatic hydroxyl groups excluding tert-OH is 1. The van der Waals surface area contributed by atoms with E-state index in [0.717, 1.165) is 89.9 Å². The normalized spacial score (nSPS) is 14.3. The second-order valence-electron chi connectivity index (χ2n) is 14.1. The van der Waals surface area contributed by atoms with Crippen molar-refractivity contribution in [3.63, 3.8) is 0 Å². The van der Waals surface area contributed by atoms with Crippen LogP contribution in [0, 0.1) is 0 Å². The molecule has 318 valence electrons. The standard InChI is InChI=1S/C43H76NO10P/c1-3-5-7-9-11-13-15-17-19-21-23-25-27-29-31-33-35-42(47)52-36-39(45)37-53-55(50,51)54-38-40(43(48)49)44-41(46)34-32-30-28-26-24-22-20-18-16-14-12-10-8-6-4-2/h6,8,12,14,18-21,39-40,45H,3-5,7,9-11,13,15-17,22-38H2,1-2H3,(H,44,46)(H,48,49)(H,50,51)/b8-6-,14-12-,20-18-,21-19-. The summed E-state index contributed by atoms with van der Waals surface area (Å²) >= 11 is 0. The molecule has 0 spiro atoms. The van der Waals surface area contributed by atoms with Crippen molar-refractivity contribution < 1.29 is 47.8 Å². The number of carbonyl (C=O) groups is 3. The van der Waals surface area contributed by atoms with Crippen LogP contribution in [-0.4, -0.2) is 64.9 Å². The number of aliphatic hydroxyl groups is 1. The Balaban J connectivity index is 3.95. The quantitative estimate of drug-likeness (QED) is 0.0203. The zero-order chi connectivity index (χ0) is 40.7. The number of nitrogens with one attached hydrogen (secondary N) is 1. The van der Waals surface area contributed by atoms with Gasteiger partial charge in [-0.25, -0.2) is 9.36 Å². The Kier molecular flexibility index (Phi) is 36.5. The maximum Gasteiger partial charge on any atom is 0.472 e. The lowest BCUT2D eigenvalue weighted by molar-refractivity contribution is -0.147. The molecule has 0 fully saturated rings. The second kappa shape index (κ2) is 38.3. The first-order valence-corrected chi connectivity index (χ1v) is 22.7. The Hall–Kier alpha value is -2.56. The number of rotatable bonds is 39. The lowest BCUT2D eigenvalue weighted by atomic mass is 10.1. The summed E-state index contributed by atoms with van der Waals surface area (Å²) < 4.78 is 26.8. The first-order valence-electron chi connectivity index (χ1n) is 21.2. The predicted molar refractivity (Wildman–Crippen MR) is 222 cm³/mol. The first-order chi connectivity index (χ1) is 26.6. The van der Waals surface area contributed by atoms with Gasteiger partial charge in [0.15, 0.2) is 6.04 Å². The van der Waals surface area contributed by atoms with Crippen LogP contribution in [0.3, 0.4) is 0 Å². The molecule has 0 bridgehead atoms. The SMILES string of the molecule is CC/C=C\C/C=C\C/C=C\CCCCCCCC(=O)NC(COP(=O)(O)OCC(O)COC(=O)CCCCCCC/C=C\CCCCCCCCC)C(=O)O. The summed E-state index contributed by atoms with van der Waals surface area (Å²) in [7, 11) is -4.76. The number of esters is 1. The molecule has 0 aliphatic carbocycles. The Morgan fingerprint density at radius 3 is 1.60 bits per heavy atom. The third kappa shape index (κ3) is 38.1. The zero-order valence-corrected chi connectivity index (χ0v) is 35.1. The van der Waals surface area contributed by atoms with Gasteiger partial charge in [-0.2, -0.15) is 0 Å². The molecule has 11 nitrogen and oxygen atoms in total. The molecule has 0 saturated heterocycles. The monoisotopic (exact) mass is 798 g/mol. The van der Waals surface area contributed by atoms with E-state index in [-0.39, 0.29) is 12.8 Å². The summed E-state index contributed by atoms with van der Waals surface area (Å²) in [6.45, 7) is 2.45. The van der Waals surface area contributed by atoms with Crippen LogP contribution in [0.2, 0.25) is 0 Å². The van der Waals surface area contributed by atoms with Gasteiger partial charge in [0.05, 0.1) is 13.2 Å². The molecule has 12 heteroatoms. The number of phosphoric ester groups is 1. The van der Waals surface area contributed by atoms with Gasteiger partial charge in [-0.3, -0.25) is 18.6 Å². The molecule has 0 radical (unpaired) electrons. The van der Waals surface area contributed by atoms with Gasteiger partial charge in [-0.1, -0.05) is 140 Å². The molecule has 55 heavy (non-hydrogen) atoms. The Morgan fingerprint density at radius 1 is 0.600 bits per heavy atom. The minimum Gasteiger partial charge on any atom is -0.480 e. The summed E-state index contributed by atoms with van der Waals surface area (Å²) in [5.74, 6) is -2.41. The molecular formula is C43H76NO10P. The van der Waals surface area contributed by atoms with Crippen LogP contribution in [0.5, 0.6) is 0 Å². The Morgan fingerprint density at radius 2 is 1.05 bits per heavy atom. The number of hydrogen-bond donors (Lipinski definition) is 4. The van der Waals surface area contributed by atoms with E-state index in [1.165, 1.54) is 44.9 Å². The van der Waals surface area contributed by atoms with Crippen LogP contribution >= 0.6 is 7.82 Å². The summed E-state index contributed by atoms with van der Waals surface area (Å²) in [5, 5.41) is 21.8. The van der Waals surface area contributed by atoms with E-state index in [1.807, 2.05) is 0 Å².